The first kappa shape index (κ1) is 26.2. The summed E-state index contributed by atoms with van der Waals surface area (Å²) in [6.45, 7) is 11.9. The summed E-state index contributed by atoms with van der Waals surface area (Å²) in [5.74, 6) is 0. The molecule has 0 heterocycles. The maximum absolute atomic E-state index is 9.53. The van der Waals surface area contributed by atoms with Crippen molar-refractivity contribution >= 4 is 0 Å². The van der Waals surface area contributed by atoms with E-state index in [-0.39, 0.29) is 0 Å². The monoisotopic (exact) mass is 374 g/mol. The van der Waals surface area contributed by atoms with Crippen molar-refractivity contribution in [3.63, 3.8) is 0 Å². The van der Waals surface area contributed by atoms with Crippen LogP contribution in [0, 0.1) is 0 Å². The van der Waals surface area contributed by atoms with Crippen LogP contribution in [0.4, 0.5) is 0 Å². The van der Waals surface area contributed by atoms with Gasteiger partial charge in [0.1, 0.15) is 0 Å². The maximum atomic E-state index is 9.53. The molecular formula is C17H32O3Zr. The van der Waals surface area contributed by atoms with Crippen LogP contribution in [0.3, 0.4) is 0 Å². The summed E-state index contributed by atoms with van der Waals surface area (Å²) in [6.07, 6.45) is 7.12. The molecule has 0 saturated heterocycles. The van der Waals surface area contributed by atoms with Crippen LogP contribution in [0.25, 0.3) is 0 Å². The summed E-state index contributed by atoms with van der Waals surface area (Å²) in [5.41, 5.74) is 1.61. The molecule has 0 aromatic rings. The Morgan fingerprint density at radius 3 is 1.48 bits per heavy atom. The molecule has 1 rings (SSSR count). The molecule has 1 aliphatic rings. The molecule has 4 heteroatoms. The summed E-state index contributed by atoms with van der Waals surface area (Å²) >= 11 is 1.61. The summed E-state index contributed by atoms with van der Waals surface area (Å²) in [6, 6.07) is 0. The van der Waals surface area contributed by atoms with E-state index in [9.17, 15) is 15.3 Å². The molecule has 21 heavy (non-hydrogen) atoms. The van der Waals surface area contributed by atoms with Gasteiger partial charge >= 0.3 is 71.9 Å². The van der Waals surface area contributed by atoms with Gasteiger partial charge in [0.25, 0.3) is 0 Å². The molecular weight excluding hydrogens is 343 g/mol. The van der Waals surface area contributed by atoms with Crippen LogP contribution in [0.2, 0.25) is 0 Å². The zero-order valence-electron chi connectivity index (χ0n) is 14.7. The Morgan fingerprint density at radius 2 is 1.29 bits per heavy atom. The Bertz CT molecular complexity index is 247. The van der Waals surface area contributed by atoms with Gasteiger partial charge in [-0.15, -0.1) is 18.3 Å². The first-order chi connectivity index (χ1) is 9.54. The van der Waals surface area contributed by atoms with Crippen LogP contribution in [-0.4, -0.2) is 18.3 Å². The van der Waals surface area contributed by atoms with E-state index >= 15 is 0 Å². The second-order valence-electron chi connectivity index (χ2n) is 5.51. The van der Waals surface area contributed by atoms with Crippen molar-refractivity contribution in [2.24, 2.45) is 0 Å². The van der Waals surface area contributed by atoms with Crippen molar-refractivity contribution in [1.82, 2.24) is 0 Å². The van der Waals surface area contributed by atoms with Crippen molar-refractivity contribution in [3.05, 3.63) is 21.0 Å². The van der Waals surface area contributed by atoms with E-state index in [2.05, 4.69) is 19.1 Å². The molecule has 1 aliphatic carbocycles. The molecule has 0 atom stereocenters. The van der Waals surface area contributed by atoms with Crippen molar-refractivity contribution in [3.8, 4) is 0 Å². The van der Waals surface area contributed by atoms with Crippen LogP contribution >= 0.6 is 0 Å². The fourth-order valence-electron chi connectivity index (χ4n) is 1.05. The Balaban J connectivity index is -0.000000230. The Labute approximate surface area is 147 Å². The minimum atomic E-state index is -0.417. The van der Waals surface area contributed by atoms with Gasteiger partial charge in [-0.3, -0.25) is 0 Å². The van der Waals surface area contributed by atoms with Crippen molar-refractivity contribution in [1.29, 1.82) is 0 Å². The molecule has 0 bridgehead atoms. The van der Waals surface area contributed by atoms with E-state index in [0.29, 0.717) is 0 Å². The van der Waals surface area contributed by atoms with Crippen molar-refractivity contribution in [2.75, 3.05) is 0 Å². The van der Waals surface area contributed by atoms with Gasteiger partial charge in [-0.05, 0) is 0 Å². The third kappa shape index (κ3) is 38.4. The molecule has 122 valence electrons. The standard InChI is InChI=1S/C8H11.3C3H7O.Zr/c1-2-5-8-6-3-4-7-8;3*1-3(2)4;/h3,6H,2,4-5H2,1H3;3*3H,1-2H3;/q;3*-1;+3. The van der Waals surface area contributed by atoms with Gasteiger partial charge in [0, 0.05) is 0 Å². The first-order valence-corrected chi connectivity index (χ1v) is 8.84. The van der Waals surface area contributed by atoms with Gasteiger partial charge in [-0.2, -0.15) is 0 Å². The Hall–Kier alpha value is 0.243. The molecule has 0 fully saturated rings. The molecule has 0 aromatic carbocycles. The molecule has 0 N–H and O–H groups in total. The van der Waals surface area contributed by atoms with Gasteiger partial charge in [0.15, 0.2) is 0 Å². The van der Waals surface area contributed by atoms with Gasteiger partial charge in [0.05, 0.1) is 0 Å². The molecule has 0 radical (unpaired) electrons. The minimum absolute atomic E-state index is 0.417. The Morgan fingerprint density at radius 1 is 0.952 bits per heavy atom. The third-order valence-corrected chi connectivity index (χ3v) is 2.84. The zero-order valence-corrected chi connectivity index (χ0v) is 17.2. The fourth-order valence-corrected chi connectivity index (χ4v) is 1.86. The molecule has 0 aliphatic heterocycles. The fraction of sp³-hybridized carbons (Fsp3) is 0.765. The number of allylic oxidation sites excluding steroid dienone is 4. The predicted octanol–water partition coefficient (Wildman–Crippen LogP) is 1.81. The quantitative estimate of drug-likeness (QED) is 0.739. The molecule has 0 amide bonds. The third-order valence-electron chi connectivity index (χ3n) is 1.55. The van der Waals surface area contributed by atoms with Crippen LogP contribution in [0.5, 0.6) is 0 Å². The van der Waals surface area contributed by atoms with E-state index in [0.717, 1.165) is 0 Å². The normalized spacial score (nSPS) is 12.7. The average Bonchev–Trinajstić information content (AvgIpc) is 2.62. The average molecular weight is 376 g/mol. The van der Waals surface area contributed by atoms with Crippen molar-refractivity contribution in [2.45, 2.75) is 86.0 Å². The van der Waals surface area contributed by atoms with Crippen LogP contribution in [0.1, 0.15) is 67.7 Å². The summed E-state index contributed by atoms with van der Waals surface area (Å²) in [7, 11) is 0. The molecule has 0 aromatic heterocycles. The van der Waals surface area contributed by atoms with Gasteiger partial charge in [0.2, 0.25) is 0 Å². The van der Waals surface area contributed by atoms with E-state index < -0.39 is 18.3 Å². The molecule has 0 saturated carbocycles. The van der Waals surface area contributed by atoms with Gasteiger partial charge < -0.3 is 15.3 Å². The second-order valence-corrected chi connectivity index (χ2v) is 6.99. The predicted molar refractivity (Wildman–Crippen MR) is 81.1 cm³/mol. The van der Waals surface area contributed by atoms with E-state index in [1.807, 2.05) is 0 Å². The van der Waals surface area contributed by atoms with Crippen LogP contribution in [-0.2, 0) is 24.7 Å². The Kier molecular flexibility index (Phi) is 22.8. The van der Waals surface area contributed by atoms with Gasteiger partial charge in [-0.1, -0.05) is 41.5 Å². The first-order valence-electron chi connectivity index (χ1n) is 7.62. The zero-order chi connectivity index (χ0) is 17.4. The summed E-state index contributed by atoms with van der Waals surface area (Å²) in [4.78, 5) is 0. The number of hydrogen-bond donors (Lipinski definition) is 0. The van der Waals surface area contributed by atoms with Crippen molar-refractivity contribution < 1.29 is 40.0 Å². The number of hydrogen-bond acceptors (Lipinski definition) is 3. The van der Waals surface area contributed by atoms with E-state index in [4.69, 9.17) is 0 Å². The van der Waals surface area contributed by atoms with Crippen LogP contribution < -0.4 is 15.3 Å². The summed E-state index contributed by atoms with van der Waals surface area (Å²) < 4.78 is 1.66. The molecule has 3 nitrogen and oxygen atoms in total. The van der Waals surface area contributed by atoms with Crippen LogP contribution in [0.15, 0.2) is 21.0 Å². The SMILES string of the molecule is CC(C)[O-].CC(C)[O-].CC(C)[O-].CCCC1=[C]([Zr+3])CC=C1. The summed E-state index contributed by atoms with van der Waals surface area (Å²) in [5, 5.41) is 28.6. The second kappa shape index (κ2) is 18.3. The molecule has 0 spiro atoms. The van der Waals surface area contributed by atoms with Gasteiger partial charge in [-0.25, -0.2) is 0 Å². The molecule has 0 unspecified atom stereocenters. The van der Waals surface area contributed by atoms with E-state index in [1.54, 1.807) is 75.1 Å². The number of rotatable bonds is 2. The van der Waals surface area contributed by atoms with E-state index in [1.165, 1.54) is 19.3 Å². The topological polar surface area (TPSA) is 69.2 Å².